The van der Waals surface area contributed by atoms with Crippen molar-refractivity contribution in [3.63, 3.8) is 0 Å². The molecular formula is C13H14. The van der Waals surface area contributed by atoms with E-state index in [-0.39, 0.29) is 0 Å². The largest absolute Gasteiger partial charge is 0.0874 e. The fourth-order valence-corrected chi connectivity index (χ4v) is 1.80. The highest BCUT2D eigenvalue weighted by Gasteiger charge is 2.06. The molecule has 0 saturated carbocycles. The maximum Gasteiger partial charge on any atom is -0.0222 e. The smallest absolute Gasteiger partial charge is 0.0222 e. The minimum atomic E-state index is 1.18. The van der Waals surface area contributed by atoms with Crippen LogP contribution < -0.4 is 0 Å². The Labute approximate surface area is 79.6 Å². The van der Waals surface area contributed by atoms with Gasteiger partial charge in [-0.1, -0.05) is 42.5 Å². The molecule has 13 heavy (non-hydrogen) atoms. The van der Waals surface area contributed by atoms with Crippen molar-refractivity contribution in [2.45, 2.75) is 19.8 Å². The Balaban J connectivity index is 2.38. The van der Waals surface area contributed by atoms with Crippen molar-refractivity contribution in [2.75, 3.05) is 0 Å². The van der Waals surface area contributed by atoms with E-state index in [1.807, 2.05) is 0 Å². The third kappa shape index (κ3) is 1.72. The van der Waals surface area contributed by atoms with Gasteiger partial charge in [0.15, 0.2) is 0 Å². The van der Waals surface area contributed by atoms with Gasteiger partial charge in [0.05, 0.1) is 0 Å². The molecule has 0 heterocycles. The molecule has 0 spiro atoms. The summed E-state index contributed by atoms with van der Waals surface area (Å²) in [5.41, 5.74) is 4.32. The third-order valence-electron chi connectivity index (χ3n) is 2.46. The number of allylic oxidation sites excluding steroid dienone is 3. The maximum absolute atomic E-state index is 2.29. The Bertz CT molecular complexity index is 356. The molecule has 0 amide bonds. The molecule has 0 heteroatoms. The molecule has 1 aromatic rings. The summed E-state index contributed by atoms with van der Waals surface area (Å²) in [6.07, 6.45) is 8.97. The molecule has 0 aromatic heterocycles. The second-order valence-corrected chi connectivity index (χ2v) is 3.42. The lowest BCUT2D eigenvalue weighted by atomic mass is 9.92. The van der Waals surface area contributed by atoms with E-state index in [1.54, 1.807) is 0 Å². The van der Waals surface area contributed by atoms with Gasteiger partial charge in [0, 0.05) is 0 Å². The molecule has 1 aromatic carbocycles. The summed E-state index contributed by atoms with van der Waals surface area (Å²) in [5.74, 6) is 0. The Morgan fingerprint density at radius 1 is 1.15 bits per heavy atom. The van der Waals surface area contributed by atoms with E-state index in [2.05, 4.69) is 49.4 Å². The van der Waals surface area contributed by atoms with E-state index in [0.29, 0.717) is 0 Å². The lowest BCUT2D eigenvalue weighted by Crippen LogP contribution is -1.96. The van der Waals surface area contributed by atoms with Crippen LogP contribution in [0.25, 0.3) is 6.08 Å². The summed E-state index contributed by atoms with van der Waals surface area (Å²) in [7, 11) is 0. The zero-order valence-electron chi connectivity index (χ0n) is 7.96. The van der Waals surface area contributed by atoms with Gasteiger partial charge in [-0.15, -0.1) is 0 Å². The number of hydrogen-bond donors (Lipinski definition) is 0. The first-order valence-corrected chi connectivity index (χ1v) is 4.81. The second-order valence-electron chi connectivity index (χ2n) is 3.42. The van der Waals surface area contributed by atoms with Gasteiger partial charge in [0.2, 0.25) is 0 Å². The van der Waals surface area contributed by atoms with Crippen LogP contribution in [0.4, 0.5) is 0 Å². The Morgan fingerprint density at radius 2 is 2.00 bits per heavy atom. The molecule has 0 N–H and O–H groups in total. The SMILES string of the molecule is C/C=C/C1=Cc2ccccc2CC1. The number of hydrogen-bond acceptors (Lipinski definition) is 0. The molecule has 66 valence electrons. The fraction of sp³-hybridized carbons (Fsp3) is 0.231. The van der Waals surface area contributed by atoms with Crippen LogP contribution in [0.5, 0.6) is 0 Å². The zero-order valence-corrected chi connectivity index (χ0v) is 7.96. The summed E-state index contributed by atoms with van der Waals surface area (Å²) in [6.45, 7) is 2.07. The van der Waals surface area contributed by atoms with Gasteiger partial charge in [-0.2, -0.15) is 0 Å². The molecule has 0 nitrogen and oxygen atoms in total. The molecule has 0 unspecified atom stereocenters. The highest BCUT2D eigenvalue weighted by molar-refractivity contribution is 5.61. The standard InChI is InChI=1S/C13H14/c1-2-5-11-8-9-12-6-3-4-7-13(12)10-11/h2-7,10H,8-9H2,1H3/b5-2+. The summed E-state index contributed by atoms with van der Waals surface area (Å²) >= 11 is 0. The number of fused-ring (bicyclic) bond motifs is 1. The first-order valence-electron chi connectivity index (χ1n) is 4.81. The first kappa shape index (κ1) is 8.31. The van der Waals surface area contributed by atoms with Crippen molar-refractivity contribution < 1.29 is 0 Å². The minimum absolute atomic E-state index is 1.18. The zero-order chi connectivity index (χ0) is 9.10. The van der Waals surface area contributed by atoms with E-state index >= 15 is 0 Å². The molecule has 0 saturated heterocycles. The van der Waals surface area contributed by atoms with E-state index in [0.717, 1.165) is 0 Å². The molecular weight excluding hydrogens is 156 g/mol. The van der Waals surface area contributed by atoms with Crippen LogP contribution in [0.2, 0.25) is 0 Å². The number of benzene rings is 1. The maximum atomic E-state index is 2.29. The molecule has 0 atom stereocenters. The monoisotopic (exact) mass is 170 g/mol. The van der Waals surface area contributed by atoms with Gasteiger partial charge < -0.3 is 0 Å². The average molecular weight is 170 g/mol. The van der Waals surface area contributed by atoms with Gasteiger partial charge >= 0.3 is 0 Å². The van der Waals surface area contributed by atoms with Gasteiger partial charge in [-0.05, 0) is 36.5 Å². The van der Waals surface area contributed by atoms with Crippen LogP contribution in [0.1, 0.15) is 24.5 Å². The van der Waals surface area contributed by atoms with Crippen LogP contribution in [0, 0.1) is 0 Å². The van der Waals surface area contributed by atoms with Crippen LogP contribution in [-0.4, -0.2) is 0 Å². The second kappa shape index (κ2) is 3.61. The van der Waals surface area contributed by atoms with Gasteiger partial charge in [0.25, 0.3) is 0 Å². The van der Waals surface area contributed by atoms with E-state index in [4.69, 9.17) is 0 Å². The van der Waals surface area contributed by atoms with E-state index in [9.17, 15) is 0 Å². The van der Waals surface area contributed by atoms with Gasteiger partial charge in [-0.25, -0.2) is 0 Å². The molecule has 0 bridgehead atoms. The quantitative estimate of drug-likeness (QED) is 0.604. The highest BCUT2D eigenvalue weighted by Crippen LogP contribution is 2.23. The Kier molecular flexibility index (Phi) is 2.31. The topological polar surface area (TPSA) is 0 Å². The minimum Gasteiger partial charge on any atom is -0.0874 e. The summed E-state index contributed by atoms with van der Waals surface area (Å²) < 4.78 is 0. The molecule has 0 aliphatic heterocycles. The molecule has 1 aliphatic carbocycles. The average Bonchev–Trinajstić information content (AvgIpc) is 2.18. The lowest BCUT2D eigenvalue weighted by Gasteiger charge is -2.13. The first-order chi connectivity index (χ1) is 6.40. The summed E-state index contributed by atoms with van der Waals surface area (Å²) in [5, 5.41) is 0. The van der Waals surface area contributed by atoms with Crippen molar-refractivity contribution in [3.8, 4) is 0 Å². The normalized spacial score (nSPS) is 15.6. The van der Waals surface area contributed by atoms with E-state index in [1.165, 1.54) is 29.5 Å². The predicted octanol–water partition coefficient (Wildman–Crippen LogP) is 3.59. The third-order valence-corrected chi connectivity index (χ3v) is 2.46. The van der Waals surface area contributed by atoms with Crippen LogP contribution in [0.3, 0.4) is 0 Å². The van der Waals surface area contributed by atoms with Crippen LogP contribution in [-0.2, 0) is 6.42 Å². The molecule has 0 fully saturated rings. The van der Waals surface area contributed by atoms with Crippen molar-refractivity contribution in [2.24, 2.45) is 0 Å². The Morgan fingerprint density at radius 3 is 2.85 bits per heavy atom. The van der Waals surface area contributed by atoms with Gasteiger partial charge in [-0.3, -0.25) is 0 Å². The van der Waals surface area contributed by atoms with Gasteiger partial charge in [0.1, 0.15) is 0 Å². The van der Waals surface area contributed by atoms with Crippen LogP contribution in [0.15, 0.2) is 42.0 Å². The lowest BCUT2D eigenvalue weighted by molar-refractivity contribution is 0.950. The number of aryl methyl sites for hydroxylation is 1. The van der Waals surface area contributed by atoms with Crippen LogP contribution >= 0.6 is 0 Å². The molecule has 2 rings (SSSR count). The summed E-state index contributed by atoms with van der Waals surface area (Å²) in [6, 6.07) is 8.64. The molecule has 1 aliphatic rings. The van der Waals surface area contributed by atoms with Crippen molar-refractivity contribution in [1.29, 1.82) is 0 Å². The highest BCUT2D eigenvalue weighted by atomic mass is 14.1. The predicted molar refractivity (Wildman–Crippen MR) is 57.6 cm³/mol. The summed E-state index contributed by atoms with van der Waals surface area (Å²) in [4.78, 5) is 0. The fourth-order valence-electron chi connectivity index (χ4n) is 1.80. The molecule has 0 radical (unpaired) electrons. The van der Waals surface area contributed by atoms with E-state index < -0.39 is 0 Å². The number of rotatable bonds is 1. The van der Waals surface area contributed by atoms with Crippen molar-refractivity contribution >= 4 is 6.08 Å². The Hall–Kier alpha value is -1.30. The van der Waals surface area contributed by atoms with Crippen molar-refractivity contribution in [1.82, 2.24) is 0 Å². The van der Waals surface area contributed by atoms with Crippen molar-refractivity contribution in [3.05, 3.63) is 53.1 Å².